The number of piperazine rings is 1. The van der Waals surface area contributed by atoms with Gasteiger partial charge in [0.1, 0.15) is 0 Å². The standard InChI is InChI=1S/C12H20N2S/c1-2-11-10-13-6-8-14(11)7-5-12-4-3-9-15-12/h3-4,9,11,13H,2,5-8,10H2,1H3. The highest BCUT2D eigenvalue weighted by molar-refractivity contribution is 7.09. The molecule has 3 heteroatoms. The zero-order valence-electron chi connectivity index (χ0n) is 9.41. The largest absolute Gasteiger partial charge is 0.314 e. The molecule has 0 aromatic carbocycles. The van der Waals surface area contributed by atoms with Gasteiger partial charge in [-0.25, -0.2) is 0 Å². The van der Waals surface area contributed by atoms with Crippen LogP contribution in [0.25, 0.3) is 0 Å². The average molecular weight is 224 g/mol. The van der Waals surface area contributed by atoms with E-state index in [0.717, 1.165) is 12.6 Å². The number of thiophene rings is 1. The highest BCUT2D eigenvalue weighted by Gasteiger charge is 2.19. The molecule has 1 N–H and O–H groups in total. The highest BCUT2D eigenvalue weighted by Crippen LogP contribution is 2.12. The number of nitrogens with zero attached hydrogens (tertiary/aromatic N) is 1. The summed E-state index contributed by atoms with van der Waals surface area (Å²) < 4.78 is 0. The summed E-state index contributed by atoms with van der Waals surface area (Å²) in [4.78, 5) is 4.15. The van der Waals surface area contributed by atoms with Gasteiger partial charge in [-0.3, -0.25) is 4.90 Å². The molecule has 1 unspecified atom stereocenters. The monoisotopic (exact) mass is 224 g/mol. The minimum atomic E-state index is 0.749. The van der Waals surface area contributed by atoms with Crippen LogP contribution in [-0.4, -0.2) is 37.1 Å². The molecule has 1 aliphatic rings. The maximum absolute atomic E-state index is 3.47. The first-order chi connectivity index (χ1) is 7.40. The van der Waals surface area contributed by atoms with Crippen molar-refractivity contribution < 1.29 is 0 Å². The fraction of sp³-hybridized carbons (Fsp3) is 0.667. The van der Waals surface area contributed by atoms with Gasteiger partial charge in [-0.2, -0.15) is 0 Å². The van der Waals surface area contributed by atoms with Gasteiger partial charge in [0.2, 0.25) is 0 Å². The Labute approximate surface area is 96.3 Å². The van der Waals surface area contributed by atoms with Gasteiger partial charge in [0.15, 0.2) is 0 Å². The molecule has 1 aromatic heterocycles. The maximum atomic E-state index is 3.47. The molecule has 0 radical (unpaired) electrons. The van der Waals surface area contributed by atoms with E-state index in [9.17, 15) is 0 Å². The first kappa shape index (κ1) is 11.1. The minimum absolute atomic E-state index is 0.749. The Morgan fingerprint density at radius 3 is 3.27 bits per heavy atom. The summed E-state index contributed by atoms with van der Waals surface area (Å²) in [5.74, 6) is 0. The van der Waals surface area contributed by atoms with Crippen molar-refractivity contribution in [3.05, 3.63) is 22.4 Å². The summed E-state index contributed by atoms with van der Waals surface area (Å²) >= 11 is 1.88. The molecule has 1 atom stereocenters. The van der Waals surface area contributed by atoms with Gasteiger partial charge < -0.3 is 5.32 Å². The van der Waals surface area contributed by atoms with Crippen LogP contribution in [0.2, 0.25) is 0 Å². The van der Waals surface area contributed by atoms with Crippen molar-refractivity contribution in [3.8, 4) is 0 Å². The van der Waals surface area contributed by atoms with Crippen LogP contribution >= 0.6 is 11.3 Å². The first-order valence-electron chi connectivity index (χ1n) is 5.87. The molecule has 0 spiro atoms. The summed E-state index contributed by atoms with van der Waals surface area (Å²) in [5.41, 5.74) is 0. The van der Waals surface area contributed by atoms with Crippen molar-refractivity contribution in [1.29, 1.82) is 0 Å². The van der Waals surface area contributed by atoms with Gasteiger partial charge in [0.25, 0.3) is 0 Å². The fourth-order valence-electron chi connectivity index (χ4n) is 2.21. The van der Waals surface area contributed by atoms with Gasteiger partial charge in [-0.15, -0.1) is 11.3 Å². The number of hydrogen-bond acceptors (Lipinski definition) is 3. The van der Waals surface area contributed by atoms with E-state index in [-0.39, 0.29) is 0 Å². The normalized spacial score (nSPS) is 23.1. The van der Waals surface area contributed by atoms with E-state index in [1.165, 1.54) is 37.4 Å². The second-order valence-corrected chi connectivity index (χ2v) is 5.16. The van der Waals surface area contributed by atoms with Gasteiger partial charge in [0.05, 0.1) is 0 Å². The second-order valence-electron chi connectivity index (χ2n) is 4.13. The Hall–Kier alpha value is -0.380. The van der Waals surface area contributed by atoms with E-state index in [0.29, 0.717) is 0 Å². The summed E-state index contributed by atoms with van der Waals surface area (Å²) in [7, 11) is 0. The molecule has 1 aromatic rings. The van der Waals surface area contributed by atoms with Gasteiger partial charge >= 0.3 is 0 Å². The lowest BCUT2D eigenvalue weighted by atomic mass is 10.1. The van der Waals surface area contributed by atoms with Crippen LogP contribution in [0.4, 0.5) is 0 Å². The SMILES string of the molecule is CCC1CNCCN1CCc1cccs1. The van der Waals surface area contributed by atoms with E-state index < -0.39 is 0 Å². The molecule has 1 saturated heterocycles. The third kappa shape index (κ3) is 3.03. The zero-order valence-corrected chi connectivity index (χ0v) is 10.2. The average Bonchev–Trinajstić information content (AvgIpc) is 2.79. The number of hydrogen-bond donors (Lipinski definition) is 1. The molecule has 84 valence electrons. The smallest absolute Gasteiger partial charge is 0.0218 e. The molecular formula is C12H20N2S. The topological polar surface area (TPSA) is 15.3 Å². The molecule has 1 aliphatic heterocycles. The van der Waals surface area contributed by atoms with E-state index in [2.05, 4.69) is 34.7 Å². The molecule has 2 nitrogen and oxygen atoms in total. The molecule has 2 rings (SSSR count). The molecule has 0 saturated carbocycles. The highest BCUT2D eigenvalue weighted by atomic mass is 32.1. The van der Waals surface area contributed by atoms with Crippen LogP contribution in [0.3, 0.4) is 0 Å². The van der Waals surface area contributed by atoms with Gasteiger partial charge in [-0.05, 0) is 24.3 Å². The first-order valence-corrected chi connectivity index (χ1v) is 6.75. The van der Waals surface area contributed by atoms with Crippen LogP contribution in [0, 0.1) is 0 Å². The Bertz CT molecular complexity index is 271. The van der Waals surface area contributed by atoms with Crippen LogP contribution in [0.1, 0.15) is 18.2 Å². The number of rotatable bonds is 4. The maximum Gasteiger partial charge on any atom is 0.0218 e. The molecule has 1 fully saturated rings. The predicted octanol–water partition coefficient (Wildman–Crippen LogP) is 1.97. The van der Waals surface area contributed by atoms with E-state index in [4.69, 9.17) is 0 Å². The molecular weight excluding hydrogens is 204 g/mol. The van der Waals surface area contributed by atoms with E-state index >= 15 is 0 Å². The third-order valence-corrected chi connectivity index (χ3v) is 4.11. The van der Waals surface area contributed by atoms with Crippen LogP contribution < -0.4 is 5.32 Å². The molecule has 15 heavy (non-hydrogen) atoms. The van der Waals surface area contributed by atoms with Crippen molar-refractivity contribution >= 4 is 11.3 Å². The summed E-state index contributed by atoms with van der Waals surface area (Å²) in [6.07, 6.45) is 2.48. The Morgan fingerprint density at radius 1 is 1.60 bits per heavy atom. The van der Waals surface area contributed by atoms with E-state index in [1.807, 2.05) is 11.3 Å². The van der Waals surface area contributed by atoms with Crippen molar-refractivity contribution in [2.75, 3.05) is 26.2 Å². The molecule has 0 amide bonds. The summed E-state index contributed by atoms with van der Waals surface area (Å²) in [6, 6.07) is 5.14. The van der Waals surface area contributed by atoms with Gasteiger partial charge in [-0.1, -0.05) is 13.0 Å². The minimum Gasteiger partial charge on any atom is -0.314 e. The second kappa shape index (κ2) is 5.64. The summed E-state index contributed by atoms with van der Waals surface area (Å²) in [6.45, 7) is 7.04. The Morgan fingerprint density at radius 2 is 2.53 bits per heavy atom. The van der Waals surface area contributed by atoms with Crippen LogP contribution in [-0.2, 0) is 6.42 Å². The van der Waals surface area contributed by atoms with Crippen molar-refractivity contribution in [3.63, 3.8) is 0 Å². The van der Waals surface area contributed by atoms with Crippen molar-refractivity contribution in [1.82, 2.24) is 10.2 Å². The number of nitrogens with one attached hydrogen (secondary N) is 1. The third-order valence-electron chi connectivity index (χ3n) is 3.17. The Kier molecular flexibility index (Phi) is 4.18. The van der Waals surface area contributed by atoms with Crippen molar-refractivity contribution in [2.24, 2.45) is 0 Å². The molecule has 2 heterocycles. The van der Waals surface area contributed by atoms with Crippen LogP contribution in [0.5, 0.6) is 0 Å². The lowest BCUT2D eigenvalue weighted by Crippen LogP contribution is -2.51. The fourth-order valence-corrected chi connectivity index (χ4v) is 2.91. The lowest BCUT2D eigenvalue weighted by Gasteiger charge is -2.35. The van der Waals surface area contributed by atoms with E-state index in [1.54, 1.807) is 0 Å². The Balaban J connectivity index is 1.81. The molecule has 0 aliphatic carbocycles. The lowest BCUT2D eigenvalue weighted by molar-refractivity contribution is 0.159. The molecule has 0 bridgehead atoms. The summed E-state index contributed by atoms with van der Waals surface area (Å²) in [5, 5.41) is 5.64. The van der Waals surface area contributed by atoms with Gasteiger partial charge in [0, 0.05) is 37.1 Å². The van der Waals surface area contributed by atoms with Crippen LogP contribution in [0.15, 0.2) is 17.5 Å². The predicted molar refractivity (Wildman–Crippen MR) is 66.5 cm³/mol. The quantitative estimate of drug-likeness (QED) is 0.841. The zero-order chi connectivity index (χ0) is 10.5. The van der Waals surface area contributed by atoms with Crippen molar-refractivity contribution in [2.45, 2.75) is 25.8 Å².